The molecule has 6 N–H and O–H groups in total. The Morgan fingerprint density at radius 1 is 0.694 bits per heavy atom. The van der Waals surface area contributed by atoms with Crippen LogP contribution in [-0.4, -0.2) is 52.0 Å². The van der Waals surface area contributed by atoms with Gasteiger partial charge in [0.1, 0.15) is 9.79 Å². The molecule has 36 heavy (non-hydrogen) atoms. The Labute approximate surface area is 209 Å². The largest absolute Gasteiger partial charge is 0.504 e. The zero-order valence-electron chi connectivity index (χ0n) is 19.7. The number of amides is 2. The third-order valence-electron chi connectivity index (χ3n) is 5.40. The average molecular weight is 541 g/mol. The molecule has 0 saturated carbocycles. The third kappa shape index (κ3) is 5.65. The lowest BCUT2D eigenvalue weighted by Gasteiger charge is -2.18. The highest BCUT2D eigenvalue weighted by Gasteiger charge is 2.31. The molecule has 4 bridgehead atoms. The predicted molar refractivity (Wildman–Crippen MR) is 132 cm³/mol. The second-order valence-corrected chi connectivity index (χ2v) is 11.5. The van der Waals surface area contributed by atoms with E-state index in [-0.39, 0.29) is 11.4 Å². The van der Waals surface area contributed by atoms with Gasteiger partial charge in [0.2, 0.25) is 0 Å². The SMILES string of the molecule is CCCCNc1cc2cc(c1O)S(=O)(=O)NC(=O)c1cc(NCCCC)c(O)c(c1)S(=O)(=O)NC2=O. The fraction of sp³-hybridized carbons (Fsp3) is 0.364. The smallest absolute Gasteiger partial charge is 0.268 e. The molecule has 0 unspecified atom stereocenters. The van der Waals surface area contributed by atoms with Crippen LogP contribution in [0.4, 0.5) is 11.4 Å². The van der Waals surface area contributed by atoms with Gasteiger partial charge in [-0.3, -0.25) is 9.59 Å². The van der Waals surface area contributed by atoms with E-state index in [1.54, 1.807) is 9.44 Å². The molecule has 0 fully saturated rings. The summed E-state index contributed by atoms with van der Waals surface area (Å²) < 4.78 is 55.8. The van der Waals surface area contributed by atoms with E-state index in [0.29, 0.717) is 25.9 Å². The highest BCUT2D eigenvalue weighted by atomic mass is 32.2. The molecule has 14 heteroatoms. The molecule has 1 aliphatic rings. The first-order valence-electron chi connectivity index (χ1n) is 11.3. The molecule has 0 saturated heterocycles. The predicted octanol–water partition coefficient (Wildman–Crippen LogP) is 2.07. The van der Waals surface area contributed by atoms with Crippen molar-refractivity contribution in [2.45, 2.75) is 49.3 Å². The van der Waals surface area contributed by atoms with Gasteiger partial charge >= 0.3 is 0 Å². The lowest BCUT2D eigenvalue weighted by molar-refractivity contribution is 0.0974. The monoisotopic (exact) mass is 540 g/mol. The van der Waals surface area contributed by atoms with Crippen LogP contribution in [0.1, 0.15) is 60.2 Å². The highest BCUT2D eigenvalue weighted by Crippen LogP contribution is 2.36. The zero-order chi connectivity index (χ0) is 26.7. The molecule has 3 rings (SSSR count). The van der Waals surface area contributed by atoms with E-state index in [0.717, 1.165) is 37.1 Å². The number of rotatable bonds is 8. The summed E-state index contributed by atoms with van der Waals surface area (Å²) in [6.45, 7) is 4.47. The van der Waals surface area contributed by atoms with Gasteiger partial charge in [0.25, 0.3) is 31.9 Å². The highest BCUT2D eigenvalue weighted by molar-refractivity contribution is 7.90. The summed E-state index contributed by atoms with van der Waals surface area (Å²) in [5.74, 6) is -3.89. The summed E-state index contributed by atoms with van der Waals surface area (Å²) in [6.07, 6.45) is 2.88. The molecule has 1 aliphatic heterocycles. The first-order chi connectivity index (χ1) is 16.9. The van der Waals surface area contributed by atoms with E-state index in [1.165, 1.54) is 0 Å². The van der Waals surface area contributed by atoms with Crippen molar-refractivity contribution in [3.8, 4) is 11.5 Å². The molecule has 196 valence electrons. The Morgan fingerprint density at radius 2 is 1.06 bits per heavy atom. The Bertz CT molecular complexity index is 1300. The van der Waals surface area contributed by atoms with Crippen molar-refractivity contribution in [3.05, 3.63) is 35.4 Å². The molecular weight excluding hydrogens is 512 g/mol. The number of unbranched alkanes of at least 4 members (excludes halogenated alkanes) is 2. The number of phenolic OH excluding ortho intramolecular Hbond substituents is 2. The summed E-state index contributed by atoms with van der Waals surface area (Å²) >= 11 is 0. The molecule has 12 nitrogen and oxygen atoms in total. The van der Waals surface area contributed by atoms with Crippen molar-refractivity contribution >= 4 is 43.2 Å². The van der Waals surface area contributed by atoms with Crippen LogP contribution < -0.4 is 20.1 Å². The minimum atomic E-state index is -4.71. The van der Waals surface area contributed by atoms with E-state index >= 15 is 0 Å². The lowest BCUT2D eigenvalue weighted by Crippen LogP contribution is -2.34. The van der Waals surface area contributed by atoms with Crippen LogP contribution in [0.25, 0.3) is 0 Å². The van der Waals surface area contributed by atoms with Crippen LogP contribution in [0.15, 0.2) is 34.1 Å². The number of sulfonamides is 2. The van der Waals surface area contributed by atoms with E-state index in [1.807, 2.05) is 13.8 Å². The summed E-state index contributed by atoms with van der Waals surface area (Å²) in [6, 6.07) is 3.70. The van der Waals surface area contributed by atoms with Gasteiger partial charge in [0.15, 0.2) is 11.5 Å². The van der Waals surface area contributed by atoms with Crippen molar-refractivity contribution in [3.63, 3.8) is 0 Å². The number of phenols is 2. The van der Waals surface area contributed by atoms with Gasteiger partial charge in [-0.25, -0.2) is 26.3 Å². The van der Waals surface area contributed by atoms with Crippen LogP contribution in [-0.2, 0) is 20.0 Å². The third-order valence-corrected chi connectivity index (χ3v) is 8.09. The van der Waals surface area contributed by atoms with Crippen LogP contribution in [0.3, 0.4) is 0 Å². The number of benzene rings is 2. The van der Waals surface area contributed by atoms with Gasteiger partial charge in [-0.05, 0) is 37.1 Å². The number of hydrogen-bond acceptors (Lipinski definition) is 10. The summed E-state index contributed by atoms with van der Waals surface area (Å²) in [4.78, 5) is 24.2. The Hall–Kier alpha value is -3.52. The van der Waals surface area contributed by atoms with E-state index in [9.17, 15) is 36.6 Å². The Balaban J connectivity index is 2.21. The van der Waals surface area contributed by atoms with Crippen molar-refractivity contribution in [1.82, 2.24) is 9.44 Å². The number of anilines is 2. The van der Waals surface area contributed by atoms with Crippen LogP contribution in [0.2, 0.25) is 0 Å². The number of aromatic hydroxyl groups is 2. The molecule has 0 radical (unpaired) electrons. The minimum absolute atomic E-state index is 0.137. The number of fused-ring (bicyclic) bond motifs is 4. The topological polar surface area (TPSA) is 191 Å². The molecule has 1 heterocycles. The summed E-state index contributed by atoms with van der Waals surface area (Å²) in [5.41, 5.74) is -1.11. The molecular formula is C22H28N4O8S2. The molecule has 2 aromatic carbocycles. The van der Waals surface area contributed by atoms with E-state index in [4.69, 9.17) is 0 Å². The maximum Gasteiger partial charge on any atom is 0.268 e. The molecule has 0 aromatic heterocycles. The molecule has 2 aromatic rings. The minimum Gasteiger partial charge on any atom is -0.504 e. The normalized spacial score (nSPS) is 16.2. The fourth-order valence-corrected chi connectivity index (χ4v) is 5.67. The van der Waals surface area contributed by atoms with Crippen molar-refractivity contribution < 1.29 is 36.6 Å². The van der Waals surface area contributed by atoms with Crippen molar-refractivity contribution in [2.75, 3.05) is 23.7 Å². The summed E-state index contributed by atoms with van der Waals surface area (Å²) in [5, 5.41) is 26.8. The first-order valence-corrected chi connectivity index (χ1v) is 14.2. The van der Waals surface area contributed by atoms with Gasteiger partial charge in [0, 0.05) is 24.2 Å². The van der Waals surface area contributed by atoms with E-state index in [2.05, 4.69) is 10.6 Å². The number of nitrogens with one attached hydrogen (secondary N) is 4. The second kappa shape index (κ2) is 10.6. The zero-order valence-corrected chi connectivity index (χ0v) is 21.3. The number of carbonyl (C=O) groups is 2. The standard InChI is InChI=1S/C22H28N4O8S2/c1-3-5-7-23-15-9-13-11-17(19(15)27)35(31,32)26-22(30)14-10-16(24-8-6-4-2)20(28)18(12-14)36(33,34)25-21(13)29/h9-12,23-24,27-28H,3-8H2,1-2H3,(H,25,29)(H,26,30). The average Bonchev–Trinajstić information content (AvgIpc) is 2.80. The van der Waals surface area contributed by atoms with Gasteiger partial charge in [-0.1, -0.05) is 26.7 Å². The van der Waals surface area contributed by atoms with Crippen LogP contribution in [0.5, 0.6) is 11.5 Å². The van der Waals surface area contributed by atoms with Crippen LogP contribution >= 0.6 is 0 Å². The van der Waals surface area contributed by atoms with Crippen molar-refractivity contribution in [2.24, 2.45) is 0 Å². The van der Waals surface area contributed by atoms with Crippen molar-refractivity contribution in [1.29, 1.82) is 0 Å². The second-order valence-electron chi connectivity index (χ2n) is 8.17. The molecule has 0 aliphatic carbocycles. The lowest BCUT2D eigenvalue weighted by atomic mass is 10.1. The Morgan fingerprint density at radius 3 is 1.39 bits per heavy atom. The van der Waals surface area contributed by atoms with Gasteiger partial charge < -0.3 is 20.8 Å². The van der Waals surface area contributed by atoms with E-state index < -0.39 is 64.3 Å². The number of hydrogen-bond donors (Lipinski definition) is 6. The first kappa shape index (κ1) is 27.1. The summed E-state index contributed by atoms with van der Waals surface area (Å²) in [7, 11) is -9.42. The maximum absolute atomic E-state index is 13.1. The quantitative estimate of drug-likeness (QED) is 0.213. The van der Waals surface area contributed by atoms with Crippen LogP contribution in [0, 0.1) is 0 Å². The van der Waals surface area contributed by atoms with Gasteiger partial charge in [-0.2, -0.15) is 0 Å². The van der Waals surface area contributed by atoms with Gasteiger partial charge in [-0.15, -0.1) is 0 Å². The molecule has 0 atom stereocenters. The molecule has 2 amide bonds. The van der Waals surface area contributed by atoms with Gasteiger partial charge in [0.05, 0.1) is 11.4 Å². The maximum atomic E-state index is 13.1. The number of carbonyl (C=O) groups excluding carboxylic acids is 2. The molecule has 0 spiro atoms. The fourth-order valence-electron chi connectivity index (χ4n) is 3.43. The Kier molecular flexibility index (Phi) is 7.99.